The highest BCUT2D eigenvalue weighted by Gasteiger charge is 2.27. The second-order valence-electron chi connectivity index (χ2n) is 6.01. The van der Waals surface area contributed by atoms with Crippen LogP contribution in [0.4, 0.5) is 5.69 Å². The molecular formula is C18H30N2O. The van der Waals surface area contributed by atoms with Gasteiger partial charge in [-0.05, 0) is 44.9 Å². The molecule has 1 N–H and O–H groups in total. The summed E-state index contributed by atoms with van der Waals surface area (Å²) in [6, 6.07) is 9.21. The van der Waals surface area contributed by atoms with Crippen LogP contribution in [-0.2, 0) is 4.74 Å². The van der Waals surface area contributed by atoms with Gasteiger partial charge in [-0.25, -0.2) is 0 Å². The summed E-state index contributed by atoms with van der Waals surface area (Å²) in [5.41, 5.74) is 2.72. The maximum atomic E-state index is 5.60. The third-order valence-electron chi connectivity index (χ3n) is 4.45. The normalized spacial score (nSPS) is 19.7. The summed E-state index contributed by atoms with van der Waals surface area (Å²) < 4.78 is 5.60. The van der Waals surface area contributed by atoms with Gasteiger partial charge in [-0.1, -0.05) is 25.1 Å². The van der Waals surface area contributed by atoms with Gasteiger partial charge in [-0.2, -0.15) is 0 Å². The fraction of sp³-hybridized carbons (Fsp3) is 0.667. The lowest BCUT2D eigenvalue weighted by atomic mass is 9.97. The van der Waals surface area contributed by atoms with Crippen molar-refractivity contribution in [1.29, 1.82) is 0 Å². The van der Waals surface area contributed by atoms with E-state index in [1.54, 1.807) is 0 Å². The van der Waals surface area contributed by atoms with Gasteiger partial charge in [0.15, 0.2) is 0 Å². The number of ether oxygens (including phenoxy) is 1. The molecular weight excluding hydrogens is 260 g/mol. The lowest BCUT2D eigenvalue weighted by molar-refractivity contribution is 0.177. The number of rotatable bonds is 8. The third kappa shape index (κ3) is 4.45. The number of likely N-dealkylation sites (N-methyl/N-ethyl adjacent to an activating group) is 1. The Morgan fingerprint density at radius 3 is 2.76 bits per heavy atom. The first-order chi connectivity index (χ1) is 10.3. The number of benzene rings is 1. The van der Waals surface area contributed by atoms with E-state index in [0.717, 1.165) is 32.8 Å². The Hall–Kier alpha value is -1.06. The van der Waals surface area contributed by atoms with E-state index in [-0.39, 0.29) is 0 Å². The molecule has 2 unspecified atom stereocenters. The summed E-state index contributed by atoms with van der Waals surface area (Å²) >= 11 is 0. The molecule has 0 aliphatic carbocycles. The van der Waals surface area contributed by atoms with Crippen molar-refractivity contribution in [3.8, 4) is 0 Å². The van der Waals surface area contributed by atoms with Crippen molar-refractivity contribution in [3.05, 3.63) is 29.8 Å². The van der Waals surface area contributed by atoms with Crippen molar-refractivity contribution in [1.82, 2.24) is 5.32 Å². The van der Waals surface area contributed by atoms with Gasteiger partial charge in [0.1, 0.15) is 0 Å². The van der Waals surface area contributed by atoms with Crippen LogP contribution in [0.5, 0.6) is 0 Å². The van der Waals surface area contributed by atoms with E-state index in [2.05, 4.69) is 55.3 Å². The molecule has 3 heteroatoms. The second-order valence-corrected chi connectivity index (χ2v) is 6.01. The molecule has 1 heterocycles. The first-order valence-electron chi connectivity index (χ1n) is 8.38. The predicted octanol–water partition coefficient (Wildman–Crippen LogP) is 3.23. The van der Waals surface area contributed by atoms with Crippen molar-refractivity contribution in [2.45, 2.75) is 39.7 Å². The summed E-state index contributed by atoms with van der Waals surface area (Å²) in [4.78, 5) is 2.50. The average molecular weight is 290 g/mol. The molecule has 1 aromatic carbocycles. The van der Waals surface area contributed by atoms with Crippen molar-refractivity contribution in [3.63, 3.8) is 0 Å². The lowest BCUT2D eigenvalue weighted by Crippen LogP contribution is -2.46. The smallest absolute Gasteiger partial charge is 0.0510 e. The molecule has 118 valence electrons. The number of hydrogen-bond donors (Lipinski definition) is 1. The molecule has 1 aliphatic heterocycles. The fourth-order valence-electron chi connectivity index (χ4n) is 3.13. The summed E-state index contributed by atoms with van der Waals surface area (Å²) in [5.74, 6) is 0.648. The van der Waals surface area contributed by atoms with E-state index < -0.39 is 0 Å². The van der Waals surface area contributed by atoms with Gasteiger partial charge in [0, 0.05) is 37.3 Å². The number of nitrogens with one attached hydrogen (secondary N) is 1. The molecule has 0 saturated carbocycles. The van der Waals surface area contributed by atoms with Gasteiger partial charge in [0.05, 0.1) is 6.61 Å². The van der Waals surface area contributed by atoms with Crippen LogP contribution in [0.2, 0.25) is 0 Å². The fourth-order valence-corrected chi connectivity index (χ4v) is 3.13. The Bertz CT molecular complexity index is 415. The van der Waals surface area contributed by atoms with Crippen molar-refractivity contribution >= 4 is 5.69 Å². The van der Waals surface area contributed by atoms with E-state index in [0.29, 0.717) is 12.0 Å². The standard InChI is InChI=1S/C18H30N2O/c1-4-11-19-17(16-10-12-21-14-16)13-20(5-2)18-9-7-6-8-15(18)3/h6-9,16-17,19H,4-5,10-14H2,1-3H3. The summed E-state index contributed by atoms with van der Waals surface area (Å²) in [7, 11) is 0. The molecule has 1 aliphatic rings. The van der Waals surface area contributed by atoms with Crippen LogP contribution in [0.1, 0.15) is 32.3 Å². The Balaban J connectivity index is 2.07. The zero-order valence-electron chi connectivity index (χ0n) is 13.8. The van der Waals surface area contributed by atoms with Crippen LogP contribution in [0.25, 0.3) is 0 Å². The molecule has 21 heavy (non-hydrogen) atoms. The highest BCUT2D eigenvalue weighted by molar-refractivity contribution is 5.53. The quantitative estimate of drug-likeness (QED) is 0.795. The molecule has 2 rings (SSSR count). The predicted molar refractivity (Wildman–Crippen MR) is 90.1 cm³/mol. The van der Waals surface area contributed by atoms with Crippen LogP contribution < -0.4 is 10.2 Å². The van der Waals surface area contributed by atoms with Gasteiger partial charge in [0.25, 0.3) is 0 Å². The number of para-hydroxylation sites is 1. The van der Waals surface area contributed by atoms with E-state index in [9.17, 15) is 0 Å². The molecule has 0 spiro atoms. The van der Waals surface area contributed by atoms with Gasteiger partial charge >= 0.3 is 0 Å². The van der Waals surface area contributed by atoms with E-state index >= 15 is 0 Å². The molecule has 1 fully saturated rings. The molecule has 0 radical (unpaired) electrons. The number of hydrogen-bond acceptors (Lipinski definition) is 3. The number of anilines is 1. The molecule has 0 bridgehead atoms. The minimum Gasteiger partial charge on any atom is -0.381 e. The first kappa shape index (κ1) is 16.3. The summed E-state index contributed by atoms with van der Waals surface area (Å²) in [6.07, 6.45) is 2.37. The van der Waals surface area contributed by atoms with Gasteiger partial charge in [-0.3, -0.25) is 0 Å². The maximum absolute atomic E-state index is 5.60. The maximum Gasteiger partial charge on any atom is 0.0510 e. The Kier molecular flexibility index (Phi) is 6.52. The molecule has 0 amide bonds. The Labute approximate surface area is 129 Å². The SMILES string of the molecule is CCCNC(CN(CC)c1ccccc1C)C1CCOC1. The Morgan fingerprint density at radius 2 is 2.14 bits per heavy atom. The third-order valence-corrected chi connectivity index (χ3v) is 4.45. The molecule has 3 nitrogen and oxygen atoms in total. The average Bonchev–Trinajstić information content (AvgIpc) is 3.03. The first-order valence-corrected chi connectivity index (χ1v) is 8.38. The van der Waals surface area contributed by atoms with Crippen molar-refractivity contribution in [2.75, 3.05) is 37.7 Å². The largest absolute Gasteiger partial charge is 0.381 e. The van der Waals surface area contributed by atoms with Crippen molar-refractivity contribution in [2.24, 2.45) is 5.92 Å². The van der Waals surface area contributed by atoms with E-state index in [1.165, 1.54) is 24.1 Å². The van der Waals surface area contributed by atoms with Crippen molar-refractivity contribution < 1.29 is 4.74 Å². The highest BCUT2D eigenvalue weighted by atomic mass is 16.5. The number of nitrogens with zero attached hydrogens (tertiary/aromatic N) is 1. The zero-order valence-corrected chi connectivity index (χ0v) is 13.8. The topological polar surface area (TPSA) is 24.5 Å². The van der Waals surface area contributed by atoms with Gasteiger partial charge < -0.3 is 15.0 Å². The van der Waals surface area contributed by atoms with Crippen LogP contribution in [0.15, 0.2) is 24.3 Å². The van der Waals surface area contributed by atoms with Crippen LogP contribution in [0, 0.1) is 12.8 Å². The van der Waals surface area contributed by atoms with E-state index in [4.69, 9.17) is 4.74 Å². The van der Waals surface area contributed by atoms with Crippen LogP contribution in [0.3, 0.4) is 0 Å². The molecule has 0 aromatic heterocycles. The number of aryl methyl sites for hydroxylation is 1. The Morgan fingerprint density at radius 1 is 1.33 bits per heavy atom. The van der Waals surface area contributed by atoms with Gasteiger partial charge in [-0.15, -0.1) is 0 Å². The summed E-state index contributed by atoms with van der Waals surface area (Å²) in [6.45, 7) is 11.7. The minimum atomic E-state index is 0.520. The lowest BCUT2D eigenvalue weighted by Gasteiger charge is -2.32. The molecule has 1 aromatic rings. The molecule has 1 saturated heterocycles. The highest BCUT2D eigenvalue weighted by Crippen LogP contribution is 2.23. The summed E-state index contributed by atoms with van der Waals surface area (Å²) in [5, 5.41) is 3.74. The second kappa shape index (κ2) is 8.40. The molecule has 2 atom stereocenters. The monoisotopic (exact) mass is 290 g/mol. The van der Waals surface area contributed by atoms with Gasteiger partial charge in [0.2, 0.25) is 0 Å². The zero-order chi connectivity index (χ0) is 15.1. The minimum absolute atomic E-state index is 0.520. The van der Waals surface area contributed by atoms with Crippen LogP contribution >= 0.6 is 0 Å². The van der Waals surface area contributed by atoms with Crippen LogP contribution in [-0.4, -0.2) is 38.9 Å². The van der Waals surface area contributed by atoms with E-state index in [1.807, 2.05) is 0 Å².